The van der Waals surface area contributed by atoms with Crippen LogP contribution in [0.2, 0.25) is 0 Å². The topological polar surface area (TPSA) is 17.4 Å². The number of ether oxygens (including phenoxy) is 1. The van der Waals surface area contributed by atoms with Gasteiger partial charge in [0.25, 0.3) is 6.71 Å². The Kier molecular flexibility index (Phi) is 11.8. The van der Waals surface area contributed by atoms with Crippen molar-refractivity contribution in [3.63, 3.8) is 0 Å². The molecule has 11 aromatic carbocycles. The molecule has 84 heavy (non-hydrogen) atoms. The summed E-state index contributed by atoms with van der Waals surface area (Å²) in [5.41, 5.74) is 21.0. The van der Waals surface area contributed by atoms with Gasteiger partial charge in [0, 0.05) is 39.8 Å². The molecular weight excluding hydrogens is 1030 g/mol. The molecule has 408 valence electrons. The van der Waals surface area contributed by atoms with E-state index in [1.807, 2.05) is 0 Å². The lowest BCUT2D eigenvalue weighted by Crippen LogP contribution is -2.74. The van der Waals surface area contributed by atoms with E-state index in [-0.39, 0.29) is 28.9 Å². The molecule has 3 heterocycles. The van der Waals surface area contributed by atoms with Gasteiger partial charge in [-0.2, -0.15) is 0 Å². The normalized spacial score (nSPS) is 14.4. The standard InChI is InChI=1S/C79H69BN2OSi/c1-77(2,3)52-35-39-55(40-36-52)81-69-45-37-53(78(4,5)6)47-66(69)80-67-48-54(79(7,8)9)38-46-71(67)83-72-50-56(49-70(81)75(72)80)82-68-32-22-21-30-62(68)65-44-43-64-61-29-19-20-31-63(61)73(74(64)76(65)82)51-33-41-60(42-34-51)84(57-23-13-10-14-24-57,58-25-15-11-16-26-58)59-27-17-12-18-28-59/h10-50,73H,1-9H3. The second kappa shape index (κ2) is 19.1. The maximum atomic E-state index is 7.45. The Morgan fingerprint density at radius 2 is 0.952 bits per heavy atom. The van der Waals surface area contributed by atoms with Crippen molar-refractivity contribution in [2.24, 2.45) is 0 Å². The highest BCUT2D eigenvalue weighted by molar-refractivity contribution is 7.19. The van der Waals surface area contributed by atoms with Crippen LogP contribution < -0.4 is 46.8 Å². The van der Waals surface area contributed by atoms with Crippen molar-refractivity contribution >= 4 is 90.8 Å². The van der Waals surface area contributed by atoms with E-state index in [1.54, 1.807) is 0 Å². The third kappa shape index (κ3) is 7.99. The third-order valence-corrected chi connectivity index (χ3v) is 23.6. The number of fused-ring (bicyclic) bond motifs is 11. The minimum atomic E-state index is -2.78. The zero-order valence-electron chi connectivity index (χ0n) is 49.6. The lowest BCUT2D eigenvalue weighted by atomic mass is 9.33. The van der Waals surface area contributed by atoms with Crippen LogP contribution in [-0.2, 0) is 16.2 Å². The summed E-state index contributed by atoms with van der Waals surface area (Å²) < 4.78 is 10.0. The molecule has 2 aliphatic heterocycles. The summed E-state index contributed by atoms with van der Waals surface area (Å²) in [7, 11) is -2.78. The third-order valence-electron chi connectivity index (χ3n) is 18.8. The predicted octanol–water partition coefficient (Wildman–Crippen LogP) is 15.6. The van der Waals surface area contributed by atoms with Crippen LogP contribution >= 0.6 is 0 Å². The van der Waals surface area contributed by atoms with Gasteiger partial charge >= 0.3 is 0 Å². The van der Waals surface area contributed by atoms with Crippen molar-refractivity contribution < 1.29 is 4.74 Å². The van der Waals surface area contributed by atoms with Gasteiger partial charge in [-0.25, -0.2) is 0 Å². The summed E-state index contributed by atoms with van der Waals surface area (Å²) in [6, 6.07) is 95.0. The van der Waals surface area contributed by atoms with E-state index in [0.29, 0.717) is 0 Å². The quantitative estimate of drug-likeness (QED) is 0.117. The van der Waals surface area contributed by atoms with Crippen LogP contribution in [0.25, 0.3) is 38.6 Å². The van der Waals surface area contributed by atoms with E-state index < -0.39 is 8.07 Å². The van der Waals surface area contributed by atoms with Crippen LogP contribution in [0.15, 0.2) is 249 Å². The molecule has 3 nitrogen and oxygen atoms in total. The van der Waals surface area contributed by atoms with E-state index in [1.165, 1.54) is 104 Å². The molecular formula is C79H69BN2OSi. The van der Waals surface area contributed by atoms with E-state index in [0.717, 1.165) is 34.1 Å². The molecule has 0 radical (unpaired) electrons. The molecule has 1 aromatic heterocycles. The second-order valence-corrected chi connectivity index (χ2v) is 30.6. The Hall–Kier alpha value is -8.90. The van der Waals surface area contributed by atoms with Gasteiger partial charge in [0.1, 0.15) is 11.5 Å². The van der Waals surface area contributed by atoms with Crippen molar-refractivity contribution in [1.29, 1.82) is 0 Å². The van der Waals surface area contributed by atoms with Crippen molar-refractivity contribution in [3.05, 3.63) is 282 Å². The van der Waals surface area contributed by atoms with Crippen LogP contribution in [0.4, 0.5) is 17.1 Å². The number of benzene rings is 11. The van der Waals surface area contributed by atoms with Gasteiger partial charge in [-0.15, -0.1) is 0 Å². The van der Waals surface area contributed by atoms with Crippen molar-refractivity contribution in [3.8, 4) is 28.3 Å². The first-order chi connectivity index (χ1) is 40.6. The van der Waals surface area contributed by atoms with Crippen LogP contribution in [-0.4, -0.2) is 19.4 Å². The number of rotatable bonds is 7. The number of para-hydroxylation sites is 1. The molecule has 3 aliphatic rings. The number of anilines is 3. The van der Waals surface area contributed by atoms with Gasteiger partial charge in [-0.05, 0) is 134 Å². The number of hydrogen-bond acceptors (Lipinski definition) is 2. The Labute approximate surface area is 497 Å². The van der Waals surface area contributed by atoms with Crippen LogP contribution in [0.5, 0.6) is 11.5 Å². The summed E-state index contributed by atoms with van der Waals surface area (Å²) >= 11 is 0. The van der Waals surface area contributed by atoms with E-state index >= 15 is 0 Å². The zero-order valence-corrected chi connectivity index (χ0v) is 50.6. The monoisotopic (exact) mass is 1100 g/mol. The summed E-state index contributed by atoms with van der Waals surface area (Å²) in [6.07, 6.45) is 0. The van der Waals surface area contributed by atoms with Gasteiger partial charge in [0.2, 0.25) is 0 Å². The van der Waals surface area contributed by atoms with Gasteiger partial charge in [0.05, 0.1) is 16.7 Å². The Balaban J connectivity index is 0.985. The molecule has 1 aliphatic carbocycles. The highest BCUT2D eigenvalue weighted by Gasteiger charge is 2.45. The Morgan fingerprint density at radius 1 is 0.405 bits per heavy atom. The largest absolute Gasteiger partial charge is 0.458 e. The smallest absolute Gasteiger partial charge is 0.256 e. The maximum Gasteiger partial charge on any atom is 0.256 e. The lowest BCUT2D eigenvalue weighted by Gasteiger charge is -2.41. The van der Waals surface area contributed by atoms with Crippen molar-refractivity contribution in [1.82, 2.24) is 4.57 Å². The summed E-state index contributed by atoms with van der Waals surface area (Å²) in [6.45, 7) is 20.8. The SMILES string of the molecule is CC(C)(C)c1ccc(N2c3ccc(C(C)(C)C)cc3B3c4cc(C(C)(C)C)ccc4Oc4cc(-n5c6ccccc6c6ccc7c(c65)C(c5ccc([Si](c6ccccc6)(c6ccccc6)c6ccccc6)cc5)c5ccccc5-7)cc2c43)cc1. The molecule has 12 aromatic rings. The number of nitrogens with zero attached hydrogens (tertiary/aromatic N) is 2. The molecule has 5 heteroatoms. The predicted molar refractivity (Wildman–Crippen MR) is 359 cm³/mol. The molecule has 0 spiro atoms. The maximum absolute atomic E-state index is 7.45. The van der Waals surface area contributed by atoms with Gasteiger partial charge in [-0.1, -0.05) is 269 Å². The summed E-state index contributed by atoms with van der Waals surface area (Å²) in [5, 5.41) is 7.93. The van der Waals surface area contributed by atoms with Crippen LogP contribution in [0.1, 0.15) is 102 Å². The number of aromatic nitrogens is 1. The molecule has 0 amide bonds. The van der Waals surface area contributed by atoms with Crippen molar-refractivity contribution in [2.45, 2.75) is 84.5 Å². The van der Waals surface area contributed by atoms with Gasteiger partial charge in [-0.3, -0.25) is 0 Å². The van der Waals surface area contributed by atoms with E-state index in [9.17, 15) is 0 Å². The molecule has 0 bridgehead atoms. The van der Waals surface area contributed by atoms with Crippen LogP contribution in [0, 0.1) is 0 Å². The molecule has 15 rings (SSSR count). The molecule has 1 unspecified atom stereocenters. The molecule has 0 saturated heterocycles. The van der Waals surface area contributed by atoms with Gasteiger partial charge in [0.15, 0.2) is 8.07 Å². The fourth-order valence-corrected chi connectivity index (χ4v) is 19.3. The average Bonchev–Trinajstić information content (AvgIpc) is 1.45. The van der Waals surface area contributed by atoms with Crippen LogP contribution in [0.3, 0.4) is 0 Å². The van der Waals surface area contributed by atoms with Gasteiger partial charge < -0.3 is 14.2 Å². The summed E-state index contributed by atoms with van der Waals surface area (Å²) in [5.74, 6) is 1.77. The minimum absolute atomic E-state index is 0.00157. The first kappa shape index (κ1) is 51.9. The highest BCUT2D eigenvalue weighted by Crippen LogP contribution is 2.53. The van der Waals surface area contributed by atoms with Crippen molar-refractivity contribution in [2.75, 3.05) is 4.90 Å². The highest BCUT2D eigenvalue weighted by atomic mass is 28.3. The number of hydrogen-bond donors (Lipinski definition) is 0. The molecule has 0 saturated carbocycles. The van der Waals surface area contributed by atoms with E-state index in [2.05, 4.69) is 321 Å². The fourth-order valence-electron chi connectivity index (χ4n) is 14.6. The average molecular weight is 1100 g/mol. The molecule has 0 N–H and O–H groups in total. The van der Waals surface area contributed by atoms with E-state index in [4.69, 9.17) is 4.74 Å². The molecule has 1 atom stereocenters. The molecule has 0 fully saturated rings. The Morgan fingerprint density at radius 3 is 1.58 bits per heavy atom. The second-order valence-electron chi connectivity index (χ2n) is 26.8. The Bertz CT molecular complexity index is 4470. The fraction of sp³-hybridized carbons (Fsp3) is 0.165. The first-order valence-corrected chi connectivity index (χ1v) is 32.1. The minimum Gasteiger partial charge on any atom is -0.458 e. The lowest BCUT2D eigenvalue weighted by molar-refractivity contribution is 0.486. The zero-order chi connectivity index (χ0) is 57.4. The summed E-state index contributed by atoms with van der Waals surface area (Å²) in [4.78, 5) is 2.54. The first-order valence-electron chi connectivity index (χ1n) is 30.1.